The van der Waals surface area contributed by atoms with Crippen molar-refractivity contribution in [3.8, 4) is 0 Å². The van der Waals surface area contributed by atoms with E-state index in [9.17, 15) is 17.6 Å². The number of halogens is 2. The average molecular weight is 419 g/mol. The summed E-state index contributed by atoms with van der Waals surface area (Å²) in [6.07, 6.45) is 0. The van der Waals surface area contributed by atoms with Gasteiger partial charge in [-0.3, -0.25) is 4.79 Å². The van der Waals surface area contributed by atoms with Crippen molar-refractivity contribution in [2.75, 3.05) is 5.32 Å². The number of hydrogen-bond donors (Lipinski definition) is 2. The molecule has 0 saturated heterocycles. The van der Waals surface area contributed by atoms with Crippen LogP contribution in [-0.2, 0) is 16.6 Å². The fourth-order valence-electron chi connectivity index (χ4n) is 2.43. The van der Waals surface area contributed by atoms with Gasteiger partial charge in [-0.2, -0.15) is 0 Å². The zero-order valence-corrected chi connectivity index (χ0v) is 16.1. The third kappa shape index (κ3) is 4.95. The maximum absolute atomic E-state index is 14.1. The van der Waals surface area contributed by atoms with E-state index in [1.807, 2.05) is 6.07 Å². The van der Waals surface area contributed by atoms with Crippen LogP contribution in [0.3, 0.4) is 0 Å². The maximum atomic E-state index is 14.1. The quantitative estimate of drug-likeness (QED) is 0.629. The van der Waals surface area contributed by atoms with Crippen LogP contribution in [0.4, 0.5) is 10.1 Å². The molecule has 5 nitrogen and oxygen atoms in total. The summed E-state index contributed by atoms with van der Waals surface area (Å²) in [5, 5.41) is 3.00. The Morgan fingerprint density at radius 2 is 1.64 bits per heavy atom. The van der Waals surface area contributed by atoms with Crippen LogP contribution in [0.2, 0.25) is 5.02 Å². The summed E-state index contributed by atoms with van der Waals surface area (Å²) in [4.78, 5) is 12.2. The zero-order valence-electron chi connectivity index (χ0n) is 14.5. The summed E-state index contributed by atoms with van der Waals surface area (Å²) >= 11 is 5.79. The molecular formula is C20H16ClFN2O3S. The Morgan fingerprint density at radius 1 is 0.964 bits per heavy atom. The molecule has 0 saturated carbocycles. The van der Waals surface area contributed by atoms with Crippen LogP contribution < -0.4 is 10.0 Å². The normalized spacial score (nSPS) is 11.2. The molecule has 0 unspecified atom stereocenters. The summed E-state index contributed by atoms with van der Waals surface area (Å²) in [6, 6.07) is 18.3. The van der Waals surface area contributed by atoms with Crippen LogP contribution in [0.5, 0.6) is 0 Å². The number of hydrogen-bond acceptors (Lipinski definition) is 3. The van der Waals surface area contributed by atoms with Gasteiger partial charge in [0.2, 0.25) is 10.0 Å². The smallest absolute Gasteiger partial charge is 0.258 e. The lowest BCUT2D eigenvalue weighted by Gasteiger charge is -2.10. The van der Waals surface area contributed by atoms with Crippen molar-refractivity contribution < 1.29 is 17.6 Å². The van der Waals surface area contributed by atoms with Crippen molar-refractivity contribution in [3.63, 3.8) is 0 Å². The molecule has 3 rings (SSSR count). The summed E-state index contributed by atoms with van der Waals surface area (Å²) in [6.45, 7) is 0.0762. The molecule has 0 bridgehead atoms. The highest BCUT2D eigenvalue weighted by atomic mass is 35.5. The minimum absolute atomic E-state index is 0.0762. The van der Waals surface area contributed by atoms with E-state index in [0.29, 0.717) is 10.7 Å². The van der Waals surface area contributed by atoms with E-state index in [1.54, 1.807) is 48.5 Å². The molecule has 0 aliphatic rings. The summed E-state index contributed by atoms with van der Waals surface area (Å²) in [5.41, 5.74) is 0.802. The molecule has 0 atom stereocenters. The molecule has 0 aliphatic heterocycles. The maximum Gasteiger partial charge on any atom is 0.258 e. The van der Waals surface area contributed by atoms with E-state index in [4.69, 9.17) is 11.6 Å². The van der Waals surface area contributed by atoms with Gasteiger partial charge in [0.15, 0.2) is 0 Å². The van der Waals surface area contributed by atoms with Gasteiger partial charge < -0.3 is 5.32 Å². The molecule has 0 radical (unpaired) electrons. The van der Waals surface area contributed by atoms with E-state index < -0.39 is 21.7 Å². The Balaban J connectivity index is 1.79. The summed E-state index contributed by atoms with van der Waals surface area (Å²) < 4.78 is 41.6. The first-order valence-electron chi connectivity index (χ1n) is 8.25. The highest BCUT2D eigenvalue weighted by Crippen LogP contribution is 2.19. The van der Waals surface area contributed by atoms with E-state index in [1.165, 1.54) is 0 Å². The Morgan fingerprint density at radius 3 is 2.32 bits per heavy atom. The standard InChI is InChI=1S/C20H16ClFN2O3S/c21-15-6-8-16(9-7-15)24-20(25)18-12-17(10-11-19(18)22)28(26,27)23-13-14-4-2-1-3-5-14/h1-12,23H,13H2,(H,24,25). The zero-order chi connectivity index (χ0) is 20.1. The molecule has 0 aromatic heterocycles. The third-order valence-electron chi connectivity index (χ3n) is 3.90. The van der Waals surface area contributed by atoms with Crippen molar-refractivity contribution in [1.82, 2.24) is 4.72 Å². The molecule has 0 fully saturated rings. The number of nitrogens with one attached hydrogen (secondary N) is 2. The van der Waals surface area contributed by atoms with Crippen LogP contribution in [0.15, 0.2) is 77.7 Å². The van der Waals surface area contributed by atoms with Crippen LogP contribution in [0.1, 0.15) is 15.9 Å². The van der Waals surface area contributed by atoms with Gasteiger partial charge in [0, 0.05) is 17.3 Å². The molecule has 1 amide bonds. The van der Waals surface area contributed by atoms with Gasteiger partial charge in [0.25, 0.3) is 5.91 Å². The van der Waals surface area contributed by atoms with Crippen LogP contribution >= 0.6 is 11.6 Å². The van der Waals surface area contributed by atoms with Gasteiger partial charge in [0.1, 0.15) is 5.82 Å². The molecule has 3 aromatic carbocycles. The van der Waals surface area contributed by atoms with E-state index in [2.05, 4.69) is 10.0 Å². The second-order valence-electron chi connectivity index (χ2n) is 5.91. The minimum Gasteiger partial charge on any atom is -0.322 e. The van der Waals surface area contributed by atoms with Gasteiger partial charge in [-0.05, 0) is 48.0 Å². The molecule has 0 aliphatic carbocycles. The SMILES string of the molecule is O=C(Nc1ccc(Cl)cc1)c1cc(S(=O)(=O)NCc2ccccc2)ccc1F. The molecule has 144 valence electrons. The second kappa shape index (κ2) is 8.52. The Hall–Kier alpha value is -2.74. The number of amides is 1. The Labute approximate surface area is 167 Å². The molecule has 0 spiro atoms. The van der Waals surface area contributed by atoms with E-state index in [-0.39, 0.29) is 17.0 Å². The fourth-order valence-corrected chi connectivity index (χ4v) is 3.60. The Kier molecular flexibility index (Phi) is 6.08. The summed E-state index contributed by atoms with van der Waals surface area (Å²) in [5.74, 6) is -1.59. The van der Waals surface area contributed by atoms with Crippen LogP contribution in [0.25, 0.3) is 0 Å². The highest BCUT2D eigenvalue weighted by molar-refractivity contribution is 7.89. The molecular weight excluding hydrogens is 403 g/mol. The molecule has 2 N–H and O–H groups in total. The predicted molar refractivity (Wildman–Crippen MR) is 106 cm³/mol. The van der Waals surface area contributed by atoms with Crippen molar-refractivity contribution >= 4 is 33.2 Å². The number of rotatable bonds is 6. The average Bonchev–Trinajstić information content (AvgIpc) is 2.69. The van der Waals surface area contributed by atoms with E-state index >= 15 is 0 Å². The van der Waals surface area contributed by atoms with Gasteiger partial charge in [-0.25, -0.2) is 17.5 Å². The largest absolute Gasteiger partial charge is 0.322 e. The number of anilines is 1. The third-order valence-corrected chi connectivity index (χ3v) is 5.55. The number of carbonyl (C=O) groups is 1. The lowest BCUT2D eigenvalue weighted by atomic mass is 10.2. The van der Waals surface area contributed by atoms with Crippen molar-refractivity contribution in [1.29, 1.82) is 0 Å². The molecule has 0 heterocycles. The number of carbonyl (C=O) groups excluding carboxylic acids is 1. The lowest BCUT2D eigenvalue weighted by molar-refractivity contribution is 0.102. The first kappa shape index (κ1) is 20.0. The van der Waals surface area contributed by atoms with Crippen molar-refractivity contribution in [2.45, 2.75) is 11.4 Å². The first-order valence-corrected chi connectivity index (χ1v) is 10.1. The number of benzene rings is 3. The van der Waals surface area contributed by atoms with Crippen LogP contribution in [0, 0.1) is 5.82 Å². The van der Waals surface area contributed by atoms with Gasteiger partial charge in [-0.15, -0.1) is 0 Å². The second-order valence-corrected chi connectivity index (χ2v) is 8.12. The fraction of sp³-hybridized carbons (Fsp3) is 0.0500. The topological polar surface area (TPSA) is 75.3 Å². The van der Waals surface area contributed by atoms with Crippen LogP contribution in [-0.4, -0.2) is 14.3 Å². The predicted octanol–water partition coefficient (Wildman–Crippen LogP) is 4.21. The molecule has 3 aromatic rings. The van der Waals surface area contributed by atoms with E-state index in [0.717, 1.165) is 23.8 Å². The van der Waals surface area contributed by atoms with Gasteiger partial charge in [-0.1, -0.05) is 41.9 Å². The van der Waals surface area contributed by atoms with Gasteiger partial charge >= 0.3 is 0 Å². The monoisotopic (exact) mass is 418 g/mol. The molecule has 8 heteroatoms. The van der Waals surface area contributed by atoms with Crippen molar-refractivity contribution in [3.05, 3.63) is 94.8 Å². The lowest BCUT2D eigenvalue weighted by Crippen LogP contribution is -2.24. The van der Waals surface area contributed by atoms with Gasteiger partial charge in [0.05, 0.1) is 10.5 Å². The highest BCUT2D eigenvalue weighted by Gasteiger charge is 2.19. The number of sulfonamides is 1. The first-order chi connectivity index (χ1) is 13.3. The van der Waals surface area contributed by atoms with Crippen molar-refractivity contribution in [2.24, 2.45) is 0 Å². The molecule has 28 heavy (non-hydrogen) atoms. The minimum atomic E-state index is -3.92. The Bertz CT molecular complexity index is 1090. The summed E-state index contributed by atoms with van der Waals surface area (Å²) in [7, 11) is -3.92.